The number of rotatable bonds is 10. The number of ether oxygens (including phenoxy) is 6. The van der Waals surface area contributed by atoms with Crippen LogP contribution in [0.25, 0.3) is 0 Å². The van der Waals surface area contributed by atoms with Crippen LogP contribution in [-0.2, 0) is 47.6 Å². The monoisotopic (exact) mass is 863 g/mol. The first-order chi connectivity index (χ1) is 28.9. The number of methoxy groups -OCH3 is 1. The Hall–Kier alpha value is -5.16. The fourth-order valence-electron chi connectivity index (χ4n) is 10.0. The van der Waals surface area contributed by atoms with Crippen molar-refractivity contribution < 1.29 is 72.5 Å². The summed E-state index contributed by atoms with van der Waals surface area (Å²) < 4.78 is 35.1. The van der Waals surface area contributed by atoms with Crippen molar-refractivity contribution in [2.24, 2.45) is 22.2 Å². The summed E-state index contributed by atoms with van der Waals surface area (Å²) in [5.74, 6) is -6.03. The summed E-state index contributed by atoms with van der Waals surface area (Å²) in [6.07, 6.45) is -11.9. The third-order valence-corrected chi connectivity index (χ3v) is 13.3. The van der Waals surface area contributed by atoms with Crippen LogP contribution < -0.4 is 5.32 Å². The first-order valence-electron chi connectivity index (χ1n) is 20.6. The standard InChI is InChI=1S/C46H57NO15/c1-24-28(60-40(54)34(51)33(26-16-12-10-13-17-26)47-31(50)22-42(3,4)5)21-46(56)38(61-39(53)27-18-14-11-15-19-27)36-44(8,37(52)35(59-25(2)48)32(24)43(46,6)7)29(49)20-30-45(36,23-58-30)62-41(55)57-9/h10-19,28-30,33-36,38,49,51,56H,20-23H2,1-9H3,(H,47,50)/t28-,29-,30?,33-,34+,35+,36?,38-,44+,45-,46+/m0/s1. The highest BCUT2D eigenvalue weighted by Gasteiger charge is 2.78. The van der Waals surface area contributed by atoms with Crippen molar-refractivity contribution in [1.29, 1.82) is 0 Å². The van der Waals surface area contributed by atoms with Crippen LogP contribution in [0.15, 0.2) is 71.8 Å². The number of carbonyl (C=O) groups is 6. The number of ketones is 1. The number of nitrogens with one attached hydrogen (secondary N) is 1. The Morgan fingerprint density at radius 2 is 1.56 bits per heavy atom. The molecular formula is C46H57NO15. The lowest BCUT2D eigenvalue weighted by molar-refractivity contribution is -0.344. The summed E-state index contributed by atoms with van der Waals surface area (Å²) >= 11 is 0. The number of amides is 1. The Morgan fingerprint density at radius 1 is 0.952 bits per heavy atom. The van der Waals surface area contributed by atoms with Crippen molar-refractivity contribution in [3.05, 3.63) is 82.9 Å². The van der Waals surface area contributed by atoms with Crippen molar-refractivity contribution >= 4 is 35.8 Å². The normalized spacial score (nSPS) is 32.2. The number of aliphatic hydroxyl groups excluding tert-OH is 2. The maximum absolute atomic E-state index is 15.5. The molecule has 1 amide bonds. The minimum absolute atomic E-state index is 0.0145. The first kappa shape index (κ1) is 46.3. The highest BCUT2D eigenvalue weighted by atomic mass is 16.8. The van der Waals surface area contributed by atoms with Crippen molar-refractivity contribution in [3.63, 3.8) is 0 Å². The summed E-state index contributed by atoms with van der Waals surface area (Å²) in [6, 6.07) is 14.8. The minimum atomic E-state index is -2.42. The van der Waals surface area contributed by atoms with E-state index in [9.17, 15) is 39.3 Å². The first-order valence-corrected chi connectivity index (χ1v) is 20.6. The topological polar surface area (TPSA) is 231 Å². The molecule has 16 nitrogen and oxygen atoms in total. The van der Waals surface area contributed by atoms with Gasteiger partial charge in [-0.05, 0) is 48.1 Å². The molecule has 2 unspecified atom stereocenters. The third-order valence-electron chi connectivity index (χ3n) is 13.3. The lowest BCUT2D eigenvalue weighted by atomic mass is 9.44. The van der Waals surface area contributed by atoms with E-state index in [1.54, 1.807) is 62.4 Å². The fraction of sp³-hybridized carbons (Fsp3) is 0.565. The van der Waals surface area contributed by atoms with Crippen LogP contribution in [0.5, 0.6) is 0 Å². The quantitative estimate of drug-likeness (QED) is 0.150. The number of hydrogen-bond acceptors (Lipinski definition) is 15. The lowest BCUT2D eigenvalue weighted by Crippen LogP contribution is -2.82. The summed E-state index contributed by atoms with van der Waals surface area (Å²) in [6.45, 7) is 12.3. The maximum atomic E-state index is 15.5. The van der Waals surface area contributed by atoms with Gasteiger partial charge in [0.05, 0.1) is 42.8 Å². The molecule has 2 saturated carbocycles. The zero-order valence-electron chi connectivity index (χ0n) is 36.5. The van der Waals surface area contributed by atoms with Crippen molar-refractivity contribution in [1.82, 2.24) is 5.32 Å². The van der Waals surface area contributed by atoms with E-state index in [-0.39, 0.29) is 36.2 Å². The Labute approximate surface area is 360 Å². The SMILES string of the molecule is COC(=O)O[C@@]12COC1C[C@H](O)[C@@]1(C)C(=O)[C@H](OC(C)=O)C3=C(C)[C@@H](OC(=O)[C@H](O)[C@@H](NC(=O)CC(C)(C)C)c4ccccc4)C[C@@](O)([C@@H](OC(=O)c4ccccc4)C21)C3(C)C. The molecule has 0 radical (unpaired) electrons. The molecule has 336 valence electrons. The van der Waals surface area contributed by atoms with E-state index in [0.29, 0.717) is 5.56 Å². The molecule has 2 aromatic carbocycles. The number of benzene rings is 2. The number of carbonyl (C=O) groups excluding carboxylic acids is 6. The Balaban J connectivity index is 1.54. The molecule has 6 rings (SSSR count). The van der Waals surface area contributed by atoms with Gasteiger partial charge in [-0.15, -0.1) is 0 Å². The maximum Gasteiger partial charge on any atom is 0.508 e. The molecule has 2 aromatic rings. The van der Waals surface area contributed by atoms with Gasteiger partial charge in [0.1, 0.15) is 23.9 Å². The summed E-state index contributed by atoms with van der Waals surface area (Å²) in [5.41, 5.74) is -7.94. The number of aliphatic hydroxyl groups is 3. The number of Topliss-reactive ketones (excluding diaryl/α,β-unsaturated/α-hetero) is 1. The third kappa shape index (κ3) is 8.01. The van der Waals surface area contributed by atoms with Crippen LogP contribution in [0.3, 0.4) is 0 Å². The van der Waals surface area contributed by atoms with Crippen LogP contribution in [0.4, 0.5) is 4.79 Å². The summed E-state index contributed by atoms with van der Waals surface area (Å²) in [4.78, 5) is 83.4. The molecule has 4 N–H and O–H groups in total. The molecule has 16 heteroatoms. The van der Waals surface area contributed by atoms with Gasteiger partial charge in [-0.3, -0.25) is 14.4 Å². The van der Waals surface area contributed by atoms with Gasteiger partial charge >= 0.3 is 24.1 Å². The van der Waals surface area contributed by atoms with E-state index < -0.39 is 118 Å². The van der Waals surface area contributed by atoms with Gasteiger partial charge in [-0.2, -0.15) is 0 Å². The van der Waals surface area contributed by atoms with Crippen LogP contribution in [0.2, 0.25) is 0 Å². The van der Waals surface area contributed by atoms with Crippen LogP contribution in [0.1, 0.15) is 96.6 Å². The zero-order valence-corrected chi connectivity index (χ0v) is 36.5. The molecule has 3 fully saturated rings. The molecule has 11 atom stereocenters. The molecule has 4 aliphatic rings. The zero-order chi connectivity index (χ0) is 45.7. The number of esters is 3. The largest absolute Gasteiger partial charge is 0.508 e. The highest BCUT2D eigenvalue weighted by molar-refractivity contribution is 5.95. The molecule has 1 saturated heterocycles. The van der Waals surface area contributed by atoms with E-state index in [4.69, 9.17) is 28.4 Å². The van der Waals surface area contributed by atoms with Gasteiger partial charge in [0.25, 0.3) is 0 Å². The fourth-order valence-corrected chi connectivity index (χ4v) is 10.0. The Morgan fingerprint density at radius 3 is 2.11 bits per heavy atom. The van der Waals surface area contributed by atoms with E-state index in [2.05, 4.69) is 5.32 Å². The second kappa shape index (κ2) is 16.8. The Bertz CT molecular complexity index is 2110. The van der Waals surface area contributed by atoms with Crippen LogP contribution in [-0.4, -0.2) is 113 Å². The van der Waals surface area contributed by atoms with Gasteiger partial charge in [0.2, 0.25) is 5.91 Å². The van der Waals surface area contributed by atoms with E-state index in [0.717, 1.165) is 14.0 Å². The molecule has 3 aliphatic carbocycles. The number of fused-ring (bicyclic) bond motifs is 5. The molecule has 1 heterocycles. The summed E-state index contributed by atoms with van der Waals surface area (Å²) in [5, 5.41) is 40.3. The van der Waals surface area contributed by atoms with Crippen LogP contribution in [0, 0.1) is 22.2 Å². The molecular weight excluding hydrogens is 806 g/mol. The highest BCUT2D eigenvalue weighted by Crippen LogP contribution is 2.64. The predicted octanol–water partition coefficient (Wildman–Crippen LogP) is 4.08. The average molecular weight is 864 g/mol. The van der Waals surface area contributed by atoms with Crippen molar-refractivity contribution in [3.8, 4) is 0 Å². The molecule has 0 aromatic heterocycles. The van der Waals surface area contributed by atoms with Crippen LogP contribution >= 0.6 is 0 Å². The second-order valence-electron chi connectivity index (χ2n) is 18.8. The number of hydrogen-bond donors (Lipinski definition) is 4. The van der Waals surface area contributed by atoms with Gasteiger partial charge in [0.15, 0.2) is 23.6 Å². The molecule has 62 heavy (non-hydrogen) atoms. The average Bonchev–Trinajstić information content (AvgIpc) is 3.20. The Kier molecular flexibility index (Phi) is 12.6. The van der Waals surface area contributed by atoms with Gasteiger partial charge < -0.3 is 49.1 Å². The van der Waals surface area contributed by atoms with Crippen molar-refractivity contribution in [2.45, 2.75) is 129 Å². The van der Waals surface area contributed by atoms with E-state index >= 15 is 4.79 Å². The molecule has 2 bridgehead atoms. The van der Waals surface area contributed by atoms with Gasteiger partial charge in [-0.1, -0.05) is 83.1 Å². The lowest BCUT2D eigenvalue weighted by Gasteiger charge is -2.67. The minimum Gasteiger partial charge on any atom is -0.456 e. The van der Waals surface area contributed by atoms with E-state index in [1.165, 1.54) is 26.0 Å². The van der Waals surface area contributed by atoms with E-state index in [1.807, 2.05) is 20.8 Å². The van der Waals surface area contributed by atoms with Gasteiger partial charge in [-0.25, -0.2) is 14.4 Å². The second-order valence-corrected chi connectivity index (χ2v) is 18.8. The van der Waals surface area contributed by atoms with Crippen molar-refractivity contribution in [2.75, 3.05) is 13.7 Å². The van der Waals surface area contributed by atoms with Gasteiger partial charge in [0, 0.05) is 31.6 Å². The molecule has 1 aliphatic heterocycles. The predicted molar refractivity (Wildman–Crippen MR) is 218 cm³/mol. The smallest absolute Gasteiger partial charge is 0.456 e. The molecule has 0 spiro atoms. The summed E-state index contributed by atoms with van der Waals surface area (Å²) in [7, 11) is 1.07.